The van der Waals surface area contributed by atoms with Gasteiger partial charge < -0.3 is 0 Å². The largest absolute Gasteiger partial charge is 0.296 e. The molecule has 0 aliphatic rings. The van der Waals surface area contributed by atoms with Gasteiger partial charge in [0, 0.05) is 0 Å². The van der Waals surface area contributed by atoms with E-state index in [4.69, 9.17) is 0 Å². The molecular formula is C14H13N5OS. The molecule has 3 aromatic rings. The summed E-state index contributed by atoms with van der Waals surface area (Å²) in [6.07, 6.45) is 2.22. The van der Waals surface area contributed by atoms with Gasteiger partial charge in [-0.15, -0.1) is 15.3 Å². The summed E-state index contributed by atoms with van der Waals surface area (Å²) in [6, 6.07) is 10.1. The van der Waals surface area contributed by atoms with Crippen LogP contribution in [0.25, 0.3) is 5.13 Å². The van der Waals surface area contributed by atoms with Crippen LogP contribution in [0.15, 0.2) is 30.3 Å². The van der Waals surface area contributed by atoms with E-state index < -0.39 is 0 Å². The van der Waals surface area contributed by atoms with Crippen LogP contribution in [0.3, 0.4) is 0 Å². The molecule has 0 spiro atoms. The molecule has 6 nitrogen and oxygen atoms in total. The third-order valence-corrected chi connectivity index (χ3v) is 3.91. The number of hydrogen-bond acceptors (Lipinski definition) is 6. The SMILES string of the molecule is Cc1nnc(-n2nnc(C=O)c2CCc2ccccc2)s1. The quantitative estimate of drug-likeness (QED) is 0.674. The van der Waals surface area contributed by atoms with Gasteiger partial charge in [0.25, 0.3) is 0 Å². The molecule has 1 aromatic carbocycles. The van der Waals surface area contributed by atoms with Gasteiger partial charge in [0.1, 0.15) is 10.7 Å². The molecule has 0 unspecified atom stereocenters. The fourth-order valence-corrected chi connectivity index (χ4v) is 2.73. The van der Waals surface area contributed by atoms with Crippen molar-refractivity contribution >= 4 is 17.6 Å². The van der Waals surface area contributed by atoms with Crippen molar-refractivity contribution < 1.29 is 4.79 Å². The van der Waals surface area contributed by atoms with Gasteiger partial charge in [0.15, 0.2) is 6.29 Å². The van der Waals surface area contributed by atoms with E-state index in [-0.39, 0.29) is 0 Å². The predicted molar refractivity (Wildman–Crippen MR) is 78.8 cm³/mol. The lowest BCUT2D eigenvalue weighted by Gasteiger charge is -2.03. The first-order valence-electron chi connectivity index (χ1n) is 6.52. The second-order valence-electron chi connectivity index (χ2n) is 4.54. The first-order chi connectivity index (χ1) is 10.3. The molecule has 0 atom stereocenters. The van der Waals surface area contributed by atoms with Crippen LogP contribution in [0.2, 0.25) is 0 Å². The van der Waals surface area contributed by atoms with Crippen molar-refractivity contribution in [1.82, 2.24) is 25.2 Å². The first-order valence-corrected chi connectivity index (χ1v) is 7.33. The zero-order valence-corrected chi connectivity index (χ0v) is 12.2. The topological polar surface area (TPSA) is 73.6 Å². The van der Waals surface area contributed by atoms with Crippen LogP contribution in [0.4, 0.5) is 0 Å². The number of aryl methyl sites for hydroxylation is 2. The molecule has 0 N–H and O–H groups in total. The molecule has 0 aliphatic heterocycles. The van der Waals surface area contributed by atoms with Gasteiger partial charge in [-0.3, -0.25) is 4.79 Å². The summed E-state index contributed by atoms with van der Waals surface area (Å²) < 4.78 is 1.61. The van der Waals surface area contributed by atoms with E-state index in [0.29, 0.717) is 17.2 Å². The van der Waals surface area contributed by atoms with E-state index in [1.807, 2.05) is 25.1 Å². The third-order valence-electron chi connectivity index (χ3n) is 3.09. The molecule has 0 amide bonds. The Kier molecular flexibility index (Phi) is 3.83. The van der Waals surface area contributed by atoms with Gasteiger partial charge in [-0.05, 0) is 25.3 Å². The molecule has 0 saturated carbocycles. The summed E-state index contributed by atoms with van der Waals surface area (Å²) >= 11 is 1.42. The molecule has 0 radical (unpaired) electrons. The van der Waals surface area contributed by atoms with E-state index in [1.54, 1.807) is 4.68 Å². The fraction of sp³-hybridized carbons (Fsp3) is 0.214. The van der Waals surface area contributed by atoms with Crippen LogP contribution in [-0.4, -0.2) is 31.5 Å². The zero-order valence-electron chi connectivity index (χ0n) is 11.4. The number of nitrogens with zero attached hydrogens (tertiary/aromatic N) is 5. The molecule has 2 aromatic heterocycles. The summed E-state index contributed by atoms with van der Waals surface area (Å²) in [6.45, 7) is 1.88. The number of benzene rings is 1. The maximum absolute atomic E-state index is 11.1. The standard InChI is InChI=1S/C14H13N5OS/c1-10-15-17-14(21-10)19-13(12(9-20)16-18-19)8-7-11-5-3-2-4-6-11/h2-6,9H,7-8H2,1H3. The van der Waals surface area contributed by atoms with Gasteiger partial charge in [-0.25, -0.2) is 0 Å². The fourth-order valence-electron chi connectivity index (χ4n) is 2.07. The van der Waals surface area contributed by atoms with Crippen LogP contribution in [-0.2, 0) is 12.8 Å². The Bertz CT molecular complexity index is 750. The molecule has 0 fully saturated rings. The minimum Gasteiger partial charge on any atom is -0.296 e. The average molecular weight is 299 g/mol. The molecule has 3 rings (SSSR count). The minimum absolute atomic E-state index is 0.360. The Balaban J connectivity index is 1.89. The monoisotopic (exact) mass is 299 g/mol. The first kappa shape index (κ1) is 13.6. The van der Waals surface area contributed by atoms with Crippen LogP contribution in [0, 0.1) is 6.92 Å². The molecule has 0 saturated heterocycles. The van der Waals surface area contributed by atoms with Crippen LogP contribution < -0.4 is 0 Å². The minimum atomic E-state index is 0.360. The molecule has 0 bridgehead atoms. The second-order valence-corrected chi connectivity index (χ2v) is 5.70. The smallest absolute Gasteiger partial charge is 0.234 e. The number of carbonyl (C=O) groups is 1. The highest BCUT2D eigenvalue weighted by molar-refractivity contribution is 7.13. The van der Waals surface area contributed by atoms with Crippen LogP contribution in [0.1, 0.15) is 26.8 Å². The van der Waals surface area contributed by atoms with Gasteiger partial charge in [0.05, 0.1) is 5.69 Å². The highest BCUT2D eigenvalue weighted by atomic mass is 32.1. The Morgan fingerprint density at radius 3 is 2.62 bits per heavy atom. The predicted octanol–water partition coefficient (Wildman–Crippen LogP) is 2.02. The average Bonchev–Trinajstić information content (AvgIpc) is 3.11. The number of hydrogen-bond donors (Lipinski definition) is 0. The van der Waals surface area contributed by atoms with Gasteiger partial charge in [-0.2, -0.15) is 4.68 Å². The molecule has 106 valence electrons. The van der Waals surface area contributed by atoms with E-state index in [9.17, 15) is 4.79 Å². The van der Waals surface area contributed by atoms with Gasteiger partial charge in [-0.1, -0.05) is 46.9 Å². The summed E-state index contributed by atoms with van der Waals surface area (Å²) in [5.74, 6) is 0. The third kappa shape index (κ3) is 2.87. The van der Waals surface area contributed by atoms with Gasteiger partial charge in [0.2, 0.25) is 5.13 Å². The Morgan fingerprint density at radius 1 is 1.14 bits per heavy atom. The van der Waals surface area contributed by atoms with E-state index in [0.717, 1.165) is 23.4 Å². The molecule has 2 heterocycles. The Hall–Kier alpha value is -2.41. The van der Waals surface area contributed by atoms with E-state index in [1.165, 1.54) is 16.9 Å². The van der Waals surface area contributed by atoms with Crippen molar-refractivity contribution in [3.63, 3.8) is 0 Å². The number of aldehydes is 1. The van der Waals surface area contributed by atoms with Crippen LogP contribution >= 0.6 is 11.3 Å². The molecular weight excluding hydrogens is 286 g/mol. The van der Waals surface area contributed by atoms with Crippen molar-refractivity contribution in [3.8, 4) is 5.13 Å². The van der Waals surface area contributed by atoms with Crippen molar-refractivity contribution in [2.75, 3.05) is 0 Å². The van der Waals surface area contributed by atoms with E-state index in [2.05, 4.69) is 32.6 Å². The Morgan fingerprint density at radius 2 is 1.95 bits per heavy atom. The lowest BCUT2D eigenvalue weighted by molar-refractivity contribution is 0.111. The molecule has 21 heavy (non-hydrogen) atoms. The lowest BCUT2D eigenvalue weighted by atomic mass is 10.1. The summed E-state index contributed by atoms with van der Waals surface area (Å²) in [5, 5.41) is 17.5. The summed E-state index contributed by atoms with van der Waals surface area (Å²) in [4.78, 5) is 11.1. The van der Waals surface area contributed by atoms with Crippen molar-refractivity contribution in [3.05, 3.63) is 52.3 Å². The number of carbonyl (C=O) groups excluding carboxylic acids is 1. The molecule has 7 heteroatoms. The summed E-state index contributed by atoms with van der Waals surface area (Å²) in [7, 11) is 0. The Labute approximate surface area is 125 Å². The lowest BCUT2D eigenvalue weighted by Crippen LogP contribution is -2.05. The highest BCUT2D eigenvalue weighted by Gasteiger charge is 2.16. The molecule has 0 aliphatic carbocycles. The van der Waals surface area contributed by atoms with Crippen LogP contribution in [0.5, 0.6) is 0 Å². The zero-order chi connectivity index (χ0) is 14.7. The maximum atomic E-state index is 11.1. The normalized spacial score (nSPS) is 10.7. The van der Waals surface area contributed by atoms with Crippen molar-refractivity contribution in [2.24, 2.45) is 0 Å². The maximum Gasteiger partial charge on any atom is 0.234 e. The number of rotatable bonds is 5. The second kappa shape index (κ2) is 5.92. The van der Waals surface area contributed by atoms with Crippen molar-refractivity contribution in [2.45, 2.75) is 19.8 Å². The van der Waals surface area contributed by atoms with E-state index >= 15 is 0 Å². The van der Waals surface area contributed by atoms with Gasteiger partial charge >= 0.3 is 0 Å². The highest BCUT2D eigenvalue weighted by Crippen LogP contribution is 2.17. The van der Waals surface area contributed by atoms with Crippen molar-refractivity contribution in [1.29, 1.82) is 0 Å². The summed E-state index contributed by atoms with van der Waals surface area (Å²) in [5.41, 5.74) is 2.33. The number of aromatic nitrogens is 5.